The Kier molecular flexibility index (Phi) is 3.23. The van der Waals surface area contributed by atoms with Gasteiger partial charge in [0.25, 0.3) is 0 Å². The summed E-state index contributed by atoms with van der Waals surface area (Å²) in [4.78, 5) is 4.13. The molecule has 92 valence electrons. The standard InChI is InChI=1S/C11H17N5O/c1-7-10(8(2)16(4)14-7)5-12-6-11-13-9(3)17-15-11/h12H,5-6H2,1-4H3. The van der Waals surface area contributed by atoms with Gasteiger partial charge in [0, 0.05) is 31.8 Å². The molecule has 6 heteroatoms. The van der Waals surface area contributed by atoms with Gasteiger partial charge in [0.05, 0.1) is 12.2 Å². The summed E-state index contributed by atoms with van der Waals surface area (Å²) >= 11 is 0. The van der Waals surface area contributed by atoms with Crippen molar-refractivity contribution >= 4 is 0 Å². The van der Waals surface area contributed by atoms with Gasteiger partial charge in [-0.05, 0) is 13.8 Å². The molecule has 6 nitrogen and oxygen atoms in total. The van der Waals surface area contributed by atoms with Gasteiger partial charge in [-0.1, -0.05) is 5.16 Å². The maximum absolute atomic E-state index is 4.90. The predicted octanol–water partition coefficient (Wildman–Crippen LogP) is 1.02. The molecule has 1 N–H and O–H groups in total. The maximum atomic E-state index is 4.90. The van der Waals surface area contributed by atoms with Crippen LogP contribution in [0.15, 0.2) is 4.52 Å². The highest BCUT2D eigenvalue weighted by Gasteiger charge is 2.09. The zero-order valence-electron chi connectivity index (χ0n) is 10.6. The molecule has 0 aliphatic rings. The zero-order valence-corrected chi connectivity index (χ0v) is 10.6. The summed E-state index contributed by atoms with van der Waals surface area (Å²) in [7, 11) is 1.95. The van der Waals surface area contributed by atoms with Crippen molar-refractivity contribution in [2.45, 2.75) is 33.9 Å². The topological polar surface area (TPSA) is 68.8 Å². The second-order valence-electron chi connectivity index (χ2n) is 4.11. The van der Waals surface area contributed by atoms with E-state index in [2.05, 4.69) is 27.5 Å². The minimum atomic E-state index is 0.593. The molecule has 0 aromatic carbocycles. The van der Waals surface area contributed by atoms with Crippen LogP contribution in [0.25, 0.3) is 0 Å². The summed E-state index contributed by atoms with van der Waals surface area (Å²) < 4.78 is 6.79. The van der Waals surface area contributed by atoms with Gasteiger partial charge >= 0.3 is 0 Å². The first-order valence-electron chi connectivity index (χ1n) is 5.57. The first-order chi connectivity index (χ1) is 8.08. The second-order valence-corrected chi connectivity index (χ2v) is 4.11. The Balaban J connectivity index is 1.94. The summed E-state index contributed by atoms with van der Waals surface area (Å²) in [5.41, 5.74) is 3.47. The van der Waals surface area contributed by atoms with E-state index in [-0.39, 0.29) is 0 Å². The molecule has 0 saturated carbocycles. The summed E-state index contributed by atoms with van der Waals surface area (Å²) in [5, 5.41) is 11.5. The van der Waals surface area contributed by atoms with Crippen molar-refractivity contribution in [3.05, 3.63) is 28.7 Å². The highest BCUT2D eigenvalue weighted by atomic mass is 16.5. The monoisotopic (exact) mass is 235 g/mol. The van der Waals surface area contributed by atoms with Gasteiger partial charge in [0.1, 0.15) is 0 Å². The van der Waals surface area contributed by atoms with Gasteiger partial charge in [0.2, 0.25) is 5.89 Å². The van der Waals surface area contributed by atoms with Crippen LogP contribution in [0.2, 0.25) is 0 Å². The highest BCUT2D eigenvalue weighted by Crippen LogP contribution is 2.11. The maximum Gasteiger partial charge on any atom is 0.223 e. The molecule has 2 rings (SSSR count). The SMILES string of the molecule is Cc1nc(CNCc2c(C)nn(C)c2C)no1. The molecule has 0 radical (unpaired) electrons. The average molecular weight is 235 g/mol. The van der Waals surface area contributed by atoms with E-state index in [0.29, 0.717) is 18.3 Å². The number of nitrogens with one attached hydrogen (secondary N) is 1. The Hall–Kier alpha value is -1.69. The number of rotatable bonds is 4. The molecule has 0 amide bonds. The molecule has 2 aromatic heterocycles. The Morgan fingerprint density at radius 1 is 1.24 bits per heavy atom. The van der Waals surface area contributed by atoms with E-state index in [1.165, 1.54) is 11.3 Å². The van der Waals surface area contributed by atoms with E-state index in [4.69, 9.17) is 4.52 Å². The molecule has 0 fully saturated rings. The predicted molar refractivity (Wildman–Crippen MR) is 62.3 cm³/mol. The molecular weight excluding hydrogens is 218 g/mol. The van der Waals surface area contributed by atoms with Gasteiger partial charge in [-0.2, -0.15) is 10.1 Å². The lowest BCUT2D eigenvalue weighted by Crippen LogP contribution is -2.14. The van der Waals surface area contributed by atoms with Gasteiger partial charge in [-0.15, -0.1) is 0 Å². The van der Waals surface area contributed by atoms with Crippen molar-refractivity contribution < 1.29 is 4.52 Å². The Morgan fingerprint density at radius 2 is 2.00 bits per heavy atom. The van der Waals surface area contributed by atoms with E-state index in [1.54, 1.807) is 6.92 Å². The van der Waals surface area contributed by atoms with Crippen molar-refractivity contribution in [2.24, 2.45) is 7.05 Å². The van der Waals surface area contributed by atoms with Crippen molar-refractivity contribution in [3.8, 4) is 0 Å². The van der Waals surface area contributed by atoms with Crippen LogP contribution in [0.4, 0.5) is 0 Å². The Bertz CT molecular complexity index is 514. The molecule has 0 aliphatic carbocycles. The Labute approximate surface area is 100 Å². The molecule has 2 heterocycles. The van der Waals surface area contributed by atoms with Crippen molar-refractivity contribution in [1.82, 2.24) is 25.2 Å². The third-order valence-corrected chi connectivity index (χ3v) is 2.81. The highest BCUT2D eigenvalue weighted by molar-refractivity contribution is 5.23. The van der Waals surface area contributed by atoms with E-state index in [9.17, 15) is 0 Å². The van der Waals surface area contributed by atoms with Crippen LogP contribution in [-0.4, -0.2) is 19.9 Å². The number of hydrogen-bond acceptors (Lipinski definition) is 5. The lowest BCUT2D eigenvalue weighted by atomic mass is 10.2. The van der Waals surface area contributed by atoms with Crippen LogP contribution in [0.1, 0.15) is 28.7 Å². The summed E-state index contributed by atoms with van der Waals surface area (Å²) in [6, 6.07) is 0. The normalized spacial score (nSPS) is 11.1. The zero-order chi connectivity index (χ0) is 12.4. The minimum absolute atomic E-state index is 0.593. The van der Waals surface area contributed by atoms with Gasteiger partial charge in [-0.3, -0.25) is 4.68 Å². The number of aryl methyl sites for hydroxylation is 3. The van der Waals surface area contributed by atoms with Gasteiger partial charge < -0.3 is 9.84 Å². The number of nitrogens with zero attached hydrogens (tertiary/aromatic N) is 4. The van der Waals surface area contributed by atoms with Crippen LogP contribution in [0, 0.1) is 20.8 Å². The van der Waals surface area contributed by atoms with Crippen LogP contribution in [0.3, 0.4) is 0 Å². The molecule has 17 heavy (non-hydrogen) atoms. The molecule has 0 spiro atoms. The smallest absolute Gasteiger partial charge is 0.223 e. The fourth-order valence-electron chi connectivity index (χ4n) is 1.79. The van der Waals surface area contributed by atoms with Crippen LogP contribution >= 0.6 is 0 Å². The number of hydrogen-bond donors (Lipinski definition) is 1. The van der Waals surface area contributed by atoms with Crippen LogP contribution in [-0.2, 0) is 20.1 Å². The summed E-state index contributed by atoms with van der Waals surface area (Å²) in [6.45, 7) is 7.23. The molecule has 2 aromatic rings. The van der Waals surface area contributed by atoms with Crippen molar-refractivity contribution in [3.63, 3.8) is 0 Å². The van der Waals surface area contributed by atoms with Gasteiger partial charge in [-0.25, -0.2) is 0 Å². The summed E-state index contributed by atoms with van der Waals surface area (Å²) in [5.74, 6) is 1.28. The van der Waals surface area contributed by atoms with E-state index in [1.807, 2.05) is 18.7 Å². The second kappa shape index (κ2) is 4.67. The van der Waals surface area contributed by atoms with Crippen molar-refractivity contribution in [2.75, 3.05) is 0 Å². The summed E-state index contributed by atoms with van der Waals surface area (Å²) in [6.07, 6.45) is 0. The largest absolute Gasteiger partial charge is 0.340 e. The quantitative estimate of drug-likeness (QED) is 0.856. The third-order valence-electron chi connectivity index (χ3n) is 2.81. The van der Waals surface area contributed by atoms with E-state index < -0.39 is 0 Å². The van der Waals surface area contributed by atoms with Crippen LogP contribution in [0.5, 0.6) is 0 Å². The van der Waals surface area contributed by atoms with E-state index >= 15 is 0 Å². The first kappa shape index (κ1) is 11.8. The lowest BCUT2D eigenvalue weighted by molar-refractivity contribution is 0.385. The van der Waals surface area contributed by atoms with Crippen LogP contribution < -0.4 is 5.32 Å². The average Bonchev–Trinajstić information content (AvgIpc) is 2.78. The molecule has 0 saturated heterocycles. The van der Waals surface area contributed by atoms with E-state index in [0.717, 1.165) is 12.2 Å². The molecule has 0 aliphatic heterocycles. The number of aromatic nitrogens is 4. The molecular formula is C11H17N5O. The fraction of sp³-hybridized carbons (Fsp3) is 0.545. The van der Waals surface area contributed by atoms with Crippen molar-refractivity contribution in [1.29, 1.82) is 0 Å². The third kappa shape index (κ3) is 2.52. The lowest BCUT2D eigenvalue weighted by Gasteiger charge is -2.02. The minimum Gasteiger partial charge on any atom is -0.340 e. The molecule has 0 unspecified atom stereocenters. The first-order valence-corrected chi connectivity index (χ1v) is 5.57. The Morgan fingerprint density at radius 3 is 2.53 bits per heavy atom. The molecule has 0 atom stereocenters. The molecule has 0 bridgehead atoms. The van der Waals surface area contributed by atoms with Gasteiger partial charge in [0.15, 0.2) is 5.82 Å². The fourth-order valence-corrected chi connectivity index (χ4v) is 1.79.